The van der Waals surface area contributed by atoms with Gasteiger partial charge in [-0.25, -0.2) is 4.98 Å². The molecule has 2 heterocycles. The van der Waals surface area contributed by atoms with Gasteiger partial charge in [-0.05, 0) is 40.7 Å². The van der Waals surface area contributed by atoms with Gasteiger partial charge in [0.2, 0.25) is 0 Å². The van der Waals surface area contributed by atoms with E-state index in [0.717, 1.165) is 28.6 Å². The molecule has 31 heavy (non-hydrogen) atoms. The predicted octanol–water partition coefficient (Wildman–Crippen LogP) is 6.13. The zero-order chi connectivity index (χ0) is 21.0. The van der Waals surface area contributed by atoms with Gasteiger partial charge in [-0.3, -0.25) is 4.79 Å². The Kier molecular flexibility index (Phi) is 5.59. The average Bonchev–Trinajstić information content (AvgIpc) is 3.49. The summed E-state index contributed by atoms with van der Waals surface area (Å²) < 4.78 is 5.69. The van der Waals surface area contributed by atoms with Crippen molar-refractivity contribution in [2.24, 2.45) is 0 Å². The van der Waals surface area contributed by atoms with Gasteiger partial charge in [0.1, 0.15) is 18.3 Å². The van der Waals surface area contributed by atoms with E-state index >= 15 is 0 Å². The van der Waals surface area contributed by atoms with E-state index in [9.17, 15) is 4.79 Å². The molecule has 3 aromatic carbocycles. The normalized spacial score (nSPS) is 16.5. The van der Waals surface area contributed by atoms with E-state index in [4.69, 9.17) is 9.72 Å². The molecule has 0 saturated carbocycles. The fraction of sp³-hybridized carbons (Fsp3) is 0.154. The van der Waals surface area contributed by atoms with Crippen LogP contribution in [-0.4, -0.2) is 15.9 Å². The second kappa shape index (κ2) is 8.82. The van der Waals surface area contributed by atoms with Crippen molar-refractivity contribution in [1.82, 2.24) is 9.97 Å². The summed E-state index contributed by atoms with van der Waals surface area (Å²) in [5.74, 6) is -0.318. The molecule has 0 spiro atoms. The molecule has 2 atom stereocenters. The van der Waals surface area contributed by atoms with Gasteiger partial charge in [0, 0.05) is 5.25 Å². The molecule has 0 fully saturated rings. The maximum absolute atomic E-state index is 13.2. The number of esters is 1. The third kappa shape index (κ3) is 4.28. The first kappa shape index (κ1) is 19.6. The van der Waals surface area contributed by atoms with Crippen molar-refractivity contribution in [3.8, 4) is 0 Å². The molecule has 154 valence electrons. The van der Waals surface area contributed by atoms with Gasteiger partial charge in [-0.1, -0.05) is 72.8 Å². The molecule has 4 aromatic rings. The van der Waals surface area contributed by atoms with Crippen LogP contribution in [0.3, 0.4) is 0 Å². The lowest BCUT2D eigenvalue weighted by molar-refractivity contribution is -0.145. The Labute approximate surface area is 185 Å². The molecular formula is C26H22N2O2S. The van der Waals surface area contributed by atoms with Gasteiger partial charge >= 0.3 is 5.97 Å². The number of carbonyl (C=O) groups is 1. The number of imidazole rings is 1. The minimum atomic E-state index is -0.608. The summed E-state index contributed by atoms with van der Waals surface area (Å²) in [4.78, 5) is 21.3. The Morgan fingerprint density at radius 3 is 2.58 bits per heavy atom. The lowest BCUT2D eigenvalue weighted by Crippen LogP contribution is -2.18. The van der Waals surface area contributed by atoms with E-state index in [-0.39, 0.29) is 12.6 Å². The van der Waals surface area contributed by atoms with E-state index in [1.807, 2.05) is 78.5 Å². The van der Waals surface area contributed by atoms with Crippen LogP contribution in [0.5, 0.6) is 0 Å². The Hall–Kier alpha value is -3.31. The zero-order valence-electron chi connectivity index (χ0n) is 16.9. The Morgan fingerprint density at radius 1 is 1.06 bits per heavy atom. The number of nitrogens with zero attached hydrogens (tertiary/aromatic N) is 1. The van der Waals surface area contributed by atoms with E-state index in [0.29, 0.717) is 11.1 Å². The van der Waals surface area contributed by atoms with Crippen molar-refractivity contribution < 1.29 is 9.53 Å². The van der Waals surface area contributed by atoms with E-state index < -0.39 is 5.92 Å². The minimum Gasteiger partial charge on any atom is -0.460 e. The molecule has 0 aliphatic carbocycles. The Balaban J connectivity index is 1.45. The number of aromatic amines is 1. The van der Waals surface area contributed by atoms with Crippen LogP contribution >= 0.6 is 11.8 Å². The fourth-order valence-electron chi connectivity index (χ4n) is 3.85. The van der Waals surface area contributed by atoms with Crippen molar-refractivity contribution in [1.29, 1.82) is 0 Å². The molecule has 1 aliphatic heterocycles. The Bertz CT molecular complexity index is 1210. The molecule has 5 heteroatoms. The third-order valence-electron chi connectivity index (χ3n) is 5.45. The summed E-state index contributed by atoms with van der Waals surface area (Å²) in [6.07, 6.45) is 3.24. The van der Waals surface area contributed by atoms with Crippen molar-refractivity contribution in [2.45, 2.75) is 24.2 Å². The molecule has 5 rings (SSSR count). The molecule has 0 radical (unpaired) electrons. The molecule has 0 bridgehead atoms. The average molecular weight is 427 g/mol. The van der Waals surface area contributed by atoms with Gasteiger partial charge in [-0.2, -0.15) is 0 Å². The highest BCUT2D eigenvalue weighted by atomic mass is 32.2. The van der Waals surface area contributed by atoms with Crippen molar-refractivity contribution in [3.05, 3.63) is 113 Å². The quantitative estimate of drug-likeness (QED) is 0.377. The van der Waals surface area contributed by atoms with Crippen LogP contribution < -0.4 is 0 Å². The second-order valence-corrected chi connectivity index (χ2v) is 8.68. The van der Waals surface area contributed by atoms with E-state index in [1.54, 1.807) is 0 Å². The minimum absolute atomic E-state index is 0.235. The fourth-order valence-corrected chi connectivity index (χ4v) is 4.78. The van der Waals surface area contributed by atoms with Crippen LogP contribution in [-0.2, 0) is 16.1 Å². The monoisotopic (exact) mass is 426 g/mol. The van der Waals surface area contributed by atoms with Crippen LogP contribution in [0, 0.1) is 0 Å². The first-order valence-electron chi connectivity index (χ1n) is 10.3. The largest absolute Gasteiger partial charge is 0.460 e. The van der Waals surface area contributed by atoms with Crippen LogP contribution in [0.2, 0.25) is 0 Å². The summed E-state index contributed by atoms with van der Waals surface area (Å²) in [5, 5.41) is 2.60. The highest BCUT2D eigenvalue weighted by molar-refractivity contribution is 8.02. The number of rotatable bonds is 6. The number of hydrogen-bond acceptors (Lipinski definition) is 4. The molecule has 1 aliphatic rings. The maximum Gasteiger partial charge on any atom is 0.321 e. The van der Waals surface area contributed by atoms with Crippen LogP contribution in [0.25, 0.3) is 11.0 Å². The first-order chi connectivity index (χ1) is 15.3. The Morgan fingerprint density at radius 2 is 1.84 bits per heavy atom. The topological polar surface area (TPSA) is 55.0 Å². The number of allylic oxidation sites excluding steroid dienone is 1. The van der Waals surface area contributed by atoms with Crippen LogP contribution in [0.15, 0.2) is 90.3 Å². The number of fused-ring (bicyclic) bond motifs is 1. The molecule has 4 nitrogen and oxygen atoms in total. The zero-order valence-corrected chi connectivity index (χ0v) is 17.7. The van der Waals surface area contributed by atoms with Crippen LogP contribution in [0.4, 0.5) is 0 Å². The highest BCUT2D eigenvalue weighted by Crippen LogP contribution is 2.39. The number of thioether (sulfide) groups is 1. The van der Waals surface area contributed by atoms with E-state index in [2.05, 4.69) is 28.6 Å². The molecule has 1 N–H and O–H groups in total. The predicted molar refractivity (Wildman–Crippen MR) is 125 cm³/mol. The number of ether oxygens (including phenoxy) is 1. The van der Waals surface area contributed by atoms with Gasteiger partial charge in [0.15, 0.2) is 0 Å². The van der Waals surface area contributed by atoms with Crippen LogP contribution in [0.1, 0.15) is 40.1 Å². The summed E-state index contributed by atoms with van der Waals surface area (Å²) in [6, 6.07) is 25.7. The summed E-state index contributed by atoms with van der Waals surface area (Å²) in [5.41, 5.74) is 4.87. The number of benzene rings is 3. The molecule has 0 amide bonds. The SMILES string of the molecule is O=C(OCc1ccccc1)C(c1ccccc1)c1nc2ccc(C3CC=CS3)cc2[nH]1. The highest BCUT2D eigenvalue weighted by Gasteiger charge is 2.28. The lowest BCUT2D eigenvalue weighted by Gasteiger charge is -2.14. The van der Waals surface area contributed by atoms with Crippen molar-refractivity contribution in [2.75, 3.05) is 0 Å². The van der Waals surface area contributed by atoms with Gasteiger partial charge in [-0.15, -0.1) is 11.8 Å². The first-order valence-corrected chi connectivity index (χ1v) is 11.3. The summed E-state index contributed by atoms with van der Waals surface area (Å²) >= 11 is 1.83. The maximum atomic E-state index is 13.2. The van der Waals surface area contributed by atoms with Gasteiger partial charge in [0.05, 0.1) is 11.0 Å². The standard InChI is InChI=1S/C26H22N2O2S/c29-26(30-17-18-8-3-1-4-9-18)24(19-10-5-2-6-11-19)25-27-21-14-13-20(16-22(21)28-25)23-12-7-15-31-23/h1-11,13-16,23-24H,12,17H2,(H,27,28). The number of aromatic nitrogens is 2. The summed E-state index contributed by atoms with van der Waals surface area (Å²) in [7, 11) is 0. The van der Waals surface area contributed by atoms with E-state index in [1.165, 1.54) is 5.56 Å². The smallest absolute Gasteiger partial charge is 0.321 e. The van der Waals surface area contributed by atoms with Gasteiger partial charge in [0.25, 0.3) is 0 Å². The molecule has 1 aromatic heterocycles. The number of carbonyl (C=O) groups excluding carboxylic acids is 1. The second-order valence-electron chi connectivity index (χ2n) is 7.57. The molecular weight excluding hydrogens is 404 g/mol. The van der Waals surface area contributed by atoms with Gasteiger partial charge < -0.3 is 9.72 Å². The van der Waals surface area contributed by atoms with Crippen molar-refractivity contribution in [3.63, 3.8) is 0 Å². The lowest BCUT2D eigenvalue weighted by atomic mass is 9.98. The third-order valence-corrected chi connectivity index (χ3v) is 6.59. The molecule has 0 saturated heterocycles. The summed E-state index contributed by atoms with van der Waals surface area (Å²) in [6.45, 7) is 0.235. The number of nitrogens with one attached hydrogen (secondary N) is 1. The van der Waals surface area contributed by atoms with Crippen molar-refractivity contribution >= 4 is 28.8 Å². The molecule has 2 unspecified atom stereocenters. The number of H-pyrrole nitrogens is 1. The number of hydrogen-bond donors (Lipinski definition) is 1.